The van der Waals surface area contributed by atoms with Crippen LogP contribution in [0.4, 0.5) is 0 Å². The fourth-order valence-corrected chi connectivity index (χ4v) is 5.34. The Labute approximate surface area is 204 Å². The Morgan fingerprint density at radius 1 is 1.14 bits per heavy atom. The predicted octanol–water partition coefficient (Wildman–Crippen LogP) is 3.24. The molecule has 3 aromatic heterocycles. The number of benzene rings is 1. The first-order valence-corrected chi connectivity index (χ1v) is 13.4. The summed E-state index contributed by atoms with van der Waals surface area (Å²) >= 11 is 0. The van der Waals surface area contributed by atoms with E-state index < -0.39 is 22.0 Å². The highest BCUT2D eigenvalue weighted by Crippen LogP contribution is 2.27. The van der Waals surface area contributed by atoms with Crippen molar-refractivity contribution in [1.82, 2.24) is 23.4 Å². The smallest absolute Gasteiger partial charge is 0.330 e. The molecule has 0 bridgehead atoms. The normalized spacial score (nSPS) is 12.9. The van der Waals surface area contributed by atoms with Crippen LogP contribution in [-0.2, 0) is 28.4 Å². The first kappa shape index (κ1) is 24.7. The van der Waals surface area contributed by atoms with Crippen molar-refractivity contribution in [2.75, 3.05) is 5.75 Å². The Bertz CT molecular complexity index is 1560. The number of hydrogen-bond donors (Lipinski definition) is 1. The maximum Gasteiger partial charge on any atom is 0.330 e. The molecule has 4 aromatic rings. The lowest BCUT2D eigenvalue weighted by molar-refractivity contribution is -0.120. The molecule has 1 N–H and O–H groups in total. The second kappa shape index (κ2) is 9.69. The molecule has 186 valence electrons. The Morgan fingerprint density at radius 3 is 2.60 bits per heavy atom. The van der Waals surface area contributed by atoms with Gasteiger partial charge >= 0.3 is 5.69 Å². The number of imidazole rings is 1. The Balaban J connectivity index is 1.80. The number of carbonyl (C=O) groups is 1. The summed E-state index contributed by atoms with van der Waals surface area (Å²) in [6, 6.07) is 9.24. The van der Waals surface area contributed by atoms with E-state index in [1.807, 2.05) is 32.3 Å². The van der Waals surface area contributed by atoms with Gasteiger partial charge in [0.2, 0.25) is 15.9 Å². The zero-order chi connectivity index (χ0) is 25.3. The Morgan fingerprint density at radius 2 is 1.89 bits per heavy atom. The molecule has 0 aliphatic carbocycles. The maximum absolute atomic E-state index is 13.8. The molecule has 0 radical (unpaired) electrons. The summed E-state index contributed by atoms with van der Waals surface area (Å²) in [6.07, 6.45) is 4.77. The number of hydrogen-bond acceptors (Lipinski definition) is 5. The third-order valence-corrected chi connectivity index (χ3v) is 7.71. The molecule has 1 aromatic carbocycles. The lowest BCUT2D eigenvalue weighted by Gasteiger charge is -2.17. The zero-order valence-corrected chi connectivity index (χ0v) is 21.3. The van der Waals surface area contributed by atoms with E-state index in [0.29, 0.717) is 30.6 Å². The van der Waals surface area contributed by atoms with Crippen LogP contribution in [0, 0.1) is 6.92 Å². The molecule has 0 fully saturated rings. The summed E-state index contributed by atoms with van der Waals surface area (Å²) in [5, 5.41) is 1.11. The lowest BCUT2D eigenvalue weighted by Crippen LogP contribution is -2.35. The van der Waals surface area contributed by atoms with Crippen LogP contribution < -0.4 is 10.4 Å². The van der Waals surface area contributed by atoms with Crippen molar-refractivity contribution in [1.29, 1.82) is 0 Å². The van der Waals surface area contributed by atoms with Gasteiger partial charge in [-0.3, -0.25) is 18.7 Å². The van der Waals surface area contributed by atoms with E-state index in [1.54, 1.807) is 21.4 Å². The van der Waals surface area contributed by atoms with Gasteiger partial charge in [-0.2, -0.15) is 0 Å². The number of aryl methyl sites for hydroxylation is 2. The average molecular weight is 498 g/mol. The molecule has 1 unspecified atom stereocenters. The number of nitrogens with zero attached hydrogens (tertiary/aromatic N) is 4. The van der Waals surface area contributed by atoms with Crippen LogP contribution in [0.1, 0.15) is 50.3 Å². The Hall–Kier alpha value is -3.40. The van der Waals surface area contributed by atoms with Gasteiger partial charge < -0.3 is 4.57 Å². The number of fused-ring (bicyclic) bond motifs is 2. The molecule has 0 aliphatic heterocycles. The van der Waals surface area contributed by atoms with Crippen LogP contribution in [-0.4, -0.2) is 38.8 Å². The monoisotopic (exact) mass is 497 g/mol. The first-order chi connectivity index (χ1) is 16.7. The molecule has 9 nitrogen and oxygen atoms in total. The molecule has 0 spiro atoms. The summed E-state index contributed by atoms with van der Waals surface area (Å²) in [7, 11) is -1.70. The molecular formula is C25H31N5O4S. The number of aromatic nitrogens is 4. The second-order valence-electron chi connectivity index (χ2n) is 8.89. The number of sulfonamides is 1. The van der Waals surface area contributed by atoms with E-state index in [0.717, 1.165) is 22.0 Å². The highest BCUT2D eigenvalue weighted by atomic mass is 32.2. The van der Waals surface area contributed by atoms with E-state index in [2.05, 4.69) is 33.3 Å². The van der Waals surface area contributed by atoms with Crippen LogP contribution in [0.3, 0.4) is 0 Å². The quantitative estimate of drug-likeness (QED) is 0.382. The van der Waals surface area contributed by atoms with Crippen molar-refractivity contribution in [3.63, 3.8) is 0 Å². The minimum Gasteiger partial charge on any atom is -0.350 e. The van der Waals surface area contributed by atoms with Crippen molar-refractivity contribution in [2.45, 2.75) is 52.6 Å². The Kier molecular flexibility index (Phi) is 6.84. The second-order valence-corrected chi connectivity index (χ2v) is 10.9. The summed E-state index contributed by atoms with van der Waals surface area (Å²) < 4.78 is 31.2. The van der Waals surface area contributed by atoms with Crippen molar-refractivity contribution >= 4 is 38.0 Å². The van der Waals surface area contributed by atoms with E-state index in [4.69, 9.17) is 0 Å². The van der Waals surface area contributed by atoms with Gasteiger partial charge in [-0.15, -0.1) is 0 Å². The van der Waals surface area contributed by atoms with Gasteiger partial charge in [0, 0.05) is 42.8 Å². The summed E-state index contributed by atoms with van der Waals surface area (Å²) in [4.78, 5) is 30.8. The van der Waals surface area contributed by atoms with Crippen molar-refractivity contribution < 1.29 is 13.2 Å². The number of pyridine rings is 1. The molecule has 3 heterocycles. The molecule has 10 heteroatoms. The summed E-state index contributed by atoms with van der Waals surface area (Å²) in [5.74, 6) is -0.818. The van der Waals surface area contributed by atoms with Crippen LogP contribution in [0.5, 0.6) is 0 Å². The highest BCUT2D eigenvalue weighted by Gasteiger charge is 2.25. The first-order valence-electron chi connectivity index (χ1n) is 11.8. The van der Waals surface area contributed by atoms with Gasteiger partial charge in [-0.05, 0) is 49.6 Å². The number of nitrogens with one attached hydrogen (secondary N) is 1. The van der Waals surface area contributed by atoms with E-state index in [-0.39, 0.29) is 17.9 Å². The number of amides is 1. The molecular weight excluding hydrogens is 466 g/mol. The zero-order valence-electron chi connectivity index (χ0n) is 20.5. The van der Waals surface area contributed by atoms with Crippen molar-refractivity contribution in [3.05, 3.63) is 64.3 Å². The highest BCUT2D eigenvalue weighted by molar-refractivity contribution is 7.90. The van der Waals surface area contributed by atoms with Gasteiger partial charge in [0.15, 0.2) is 5.65 Å². The molecule has 35 heavy (non-hydrogen) atoms. The molecule has 0 saturated carbocycles. The predicted molar refractivity (Wildman–Crippen MR) is 137 cm³/mol. The molecule has 4 rings (SSSR count). The minimum atomic E-state index is -3.68. The van der Waals surface area contributed by atoms with Crippen LogP contribution in [0.25, 0.3) is 22.1 Å². The third kappa shape index (κ3) is 4.75. The fourth-order valence-electron chi connectivity index (χ4n) is 4.77. The standard InChI is InChI=1S/C25H31N5O4S/c1-5-9-19(14-22(31)27-35(33,34)6-2)30-24-21(12-8-13-26-24)29(25(30)32)16-18-15-28(4)20-11-7-10-17(3)23(18)20/h7-8,10-13,15,19H,5-6,9,14,16H2,1-4H3,(H,27,31). The van der Waals surface area contributed by atoms with Crippen LogP contribution in [0.15, 0.2) is 47.5 Å². The molecule has 1 atom stereocenters. The van der Waals surface area contributed by atoms with Gasteiger partial charge in [0.1, 0.15) is 0 Å². The van der Waals surface area contributed by atoms with Gasteiger partial charge in [0.05, 0.1) is 17.8 Å². The molecule has 1 amide bonds. The van der Waals surface area contributed by atoms with E-state index >= 15 is 0 Å². The van der Waals surface area contributed by atoms with Crippen LogP contribution >= 0.6 is 0 Å². The topological polar surface area (TPSA) is 108 Å². The van der Waals surface area contributed by atoms with Crippen molar-refractivity contribution in [2.24, 2.45) is 7.05 Å². The third-order valence-electron chi connectivity index (χ3n) is 6.41. The van der Waals surface area contributed by atoms with E-state index in [9.17, 15) is 18.0 Å². The average Bonchev–Trinajstić information content (AvgIpc) is 3.28. The number of rotatable bonds is 9. The van der Waals surface area contributed by atoms with Gasteiger partial charge in [-0.25, -0.2) is 18.2 Å². The van der Waals surface area contributed by atoms with Crippen molar-refractivity contribution in [3.8, 4) is 0 Å². The van der Waals surface area contributed by atoms with Gasteiger partial charge in [-0.1, -0.05) is 25.5 Å². The number of carbonyl (C=O) groups excluding carboxylic acids is 1. The van der Waals surface area contributed by atoms with Crippen LogP contribution in [0.2, 0.25) is 0 Å². The van der Waals surface area contributed by atoms with E-state index in [1.165, 1.54) is 6.92 Å². The largest absolute Gasteiger partial charge is 0.350 e. The summed E-state index contributed by atoms with van der Waals surface area (Å²) in [6.45, 7) is 5.84. The fraction of sp³-hybridized carbons (Fsp3) is 0.400. The minimum absolute atomic E-state index is 0.129. The SMILES string of the molecule is CCCC(CC(=O)NS(=O)(=O)CC)n1c(=O)n(Cc2cn(C)c3cccc(C)c23)c2cccnc21. The molecule has 0 saturated heterocycles. The van der Waals surface area contributed by atoms with Gasteiger partial charge in [0.25, 0.3) is 0 Å². The lowest BCUT2D eigenvalue weighted by atomic mass is 10.1. The molecule has 0 aliphatic rings. The maximum atomic E-state index is 13.8. The summed E-state index contributed by atoms with van der Waals surface area (Å²) in [5.41, 5.74) is 4.13.